The Labute approximate surface area is 259 Å². The minimum absolute atomic E-state index is 0.198. The zero-order valence-corrected chi connectivity index (χ0v) is 25.1. The molecule has 3 aromatic carbocycles. The number of oxazole rings is 1. The number of amides is 1. The molecule has 3 N–H and O–H groups in total. The highest BCUT2D eigenvalue weighted by atomic mass is 19.4. The first-order valence-corrected chi connectivity index (χ1v) is 14.9. The number of benzene rings is 3. The second-order valence-corrected chi connectivity index (χ2v) is 11.9. The van der Waals surface area contributed by atoms with Crippen molar-refractivity contribution in [1.82, 2.24) is 15.3 Å². The van der Waals surface area contributed by atoms with Crippen LogP contribution in [0.2, 0.25) is 0 Å². The summed E-state index contributed by atoms with van der Waals surface area (Å²) in [4.78, 5) is 24.0. The number of hydrogen-bond acceptors (Lipinski definition) is 6. The van der Waals surface area contributed by atoms with E-state index in [9.17, 15) is 18.0 Å². The van der Waals surface area contributed by atoms with Crippen molar-refractivity contribution in [3.63, 3.8) is 0 Å². The number of fused-ring (bicyclic) bond motifs is 1. The summed E-state index contributed by atoms with van der Waals surface area (Å²) in [6.45, 7) is 5.74. The average Bonchev–Trinajstić information content (AvgIpc) is 3.47. The second-order valence-electron chi connectivity index (χ2n) is 11.9. The number of carbonyl (C=O) groups excluding carboxylic acids is 1. The van der Waals surface area contributed by atoms with Crippen LogP contribution in [0.1, 0.15) is 59.7 Å². The van der Waals surface area contributed by atoms with Gasteiger partial charge in [0.15, 0.2) is 5.58 Å². The number of nitrogens with one attached hydrogen (secondary N) is 1. The number of nitrogens with two attached hydrogens (primary N) is 1. The number of rotatable bonds is 7. The summed E-state index contributed by atoms with van der Waals surface area (Å²) in [6, 6.07) is 23.4. The van der Waals surface area contributed by atoms with Crippen molar-refractivity contribution < 1.29 is 22.4 Å². The summed E-state index contributed by atoms with van der Waals surface area (Å²) in [5.41, 5.74) is 10.4. The van der Waals surface area contributed by atoms with Crippen molar-refractivity contribution in [2.24, 2.45) is 0 Å². The Hall–Kier alpha value is -4.86. The molecule has 1 amide bonds. The van der Waals surface area contributed by atoms with Crippen molar-refractivity contribution in [3.8, 4) is 11.5 Å². The highest BCUT2D eigenvalue weighted by Crippen LogP contribution is 2.37. The molecule has 0 spiro atoms. The first-order chi connectivity index (χ1) is 21.5. The molecule has 3 heterocycles. The Morgan fingerprint density at radius 2 is 1.73 bits per heavy atom. The lowest BCUT2D eigenvalue weighted by Gasteiger charge is -2.43. The van der Waals surface area contributed by atoms with Gasteiger partial charge in [0, 0.05) is 53.6 Å². The highest BCUT2D eigenvalue weighted by molar-refractivity contribution is 5.94. The molecular weight excluding hydrogens is 579 g/mol. The van der Waals surface area contributed by atoms with Crippen molar-refractivity contribution in [1.29, 1.82) is 0 Å². The van der Waals surface area contributed by atoms with Crippen LogP contribution in [0.5, 0.6) is 0 Å². The van der Waals surface area contributed by atoms with Gasteiger partial charge in [0.25, 0.3) is 5.91 Å². The van der Waals surface area contributed by atoms with Crippen LogP contribution in [-0.4, -0.2) is 35.5 Å². The molecule has 0 saturated carbocycles. The first-order valence-electron chi connectivity index (χ1n) is 14.9. The lowest BCUT2D eigenvalue weighted by molar-refractivity contribution is -0.137. The zero-order chi connectivity index (χ0) is 31.8. The molecular formula is C35H34F3N5O2. The van der Waals surface area contributed by atoms with E-state index in [-0.39, 0.29) is 17.2 Å². The van der Waals surface area contributed by atoms with E-state index in [0.29, 0.717) is 66.5 Å². The summed E-state index contributed by atoms with van der Waals surface area (Å²) in [5.74, 6) is 0.991. The van der Waals surface area contributed by atoms with Crippen LogP contribution in [0.3, 0.4) is 0 Å². The highest BCUT2D eigenvalue weighted by Gasteiger charge is 2.37. The average molecular weight is 614 g/mol. The molecule has 2 aromatic heterocycles. The smallest absolute Gasteiger partial charge is 0.417 e. The molecule has 1 saturated heterocycles. The molecule has 10 heteroatoms. The molecule has 0 atom stereocenters. The molecule has 45 heavy (non-hydrogen) atoms. The standard InChI is InChI=1S/C35H34F3N5O2/c1-22(2)28-18-27(39)19-29-31(28)45-33(42-29)24-10-8-23(9-11-24)32(44)41-21-34(25-6-4-3-5-7-25)14-16-43(17-15-34)30-13-12-26(20-40-30)35(36,37)38/h3-13,18-20,22H,14-17,21,39H2,1-2H3,(H,41,44). The van der Waals surface area contributed by atoms with Gasteiger partial charge < -0.3 is 20.4 Å². The number of pyridine rings is 1. The summed E-state index contributed by atoms with van der Waals surface area (Å²) in [6.07, 6.45) is -2.16. The fraction of sp³-hybridized carbons (Fsp3) is 0.286. The van der Waals surface area contributed by atoms with E-state index in [1.807, 2.05) is 41.3 Å². The lowest BCUT2D eigenvalue weighted by atomic mass is 9.72. The molecule has 1 aliphatic rings. The van der Waals surface area contributed by atoms with Crippen LogP contribution in [0.25, 0.3) is 22.6 Å². The maximum atomic E-state index is 13.3. The number of halogens is 3. The van der Waals surface area contributed by atoms with Gasteiger partial charge in [-0.1, -0.05) is 44.2 Å². The van der Waals surface area contributed by atoms with Crippen molar-refractivity contribution in [3.05, 3.63) is 107 Å². The van der Waals surface area contributed by atoms with Crippen LogP contribution in [0.4, 0.5) is 24.7 Å². The predicted molar refractivity (Wildman–Crippen MR) is 169 cm³/mol. The molecule has 0 aliphatic carbocycles. The van der Waals surface area contributed by atoms with Gasteiger partial charge in [-0.2, -0.15) is 13.2 Å². The monoisotopic (exact) mass is 613 g/mol. The SMILES string of the molecule is CC(C)c1cc(N)cc2nc(-c3ccc(C(=O)NCC4(c5ccccc5)CCN(c5ccc(C(F)(F)F)cn5)CC4)cc3)oc12. The molecule has 6 rings (SSSR count). The van der Waals surface area contributed by atoms with Gasteiger partial charge in [0.2, 0.25) is 5.89 Å². The Kier molecular flexibility index (Phi) is 7.99. The maximum Gasteiger partial charge on any atom is 0.417 e. The van der Waals surface area contributed by atoms with Crippen LogP contribution in [0.15, 0.2) is 89.5 Å². The number of anilines is 2. The fourth-order valence-corrected chi connectivity index (χ4v) is 6.01. The van der Waals surface area contributed by atoms with Gasteiger partial charge in [0.1, 0.15) is 11.3 Å². The number of hydrogen-bond donors (Lipinski definition) is 2. The third kappa shape index (κ3) is 6.22. The molecule has 1 aliphatic heterocycles. The lowest BCUT2D eigenvalue weighted by Crippen LogP contribution is -2.49. The summed E-state index contributed by atoms with van der Waals surface area (Å²) >= 11 is 0. The zero-order valence-electron chi connectivity index (χ0n) is 25.1. The van der Waals surface area contributed by atoms with E-state index in [2.05, 4.69) is 41.3 Å². The summed E-state index contributed by atoms with van der Waals surface area (Å²) in [5, 5.41) is 3.14. The third-order valence-electron chi connectivity index (χ3n) is 8.65. The number of piperidine rings is 1. The third-order valence-corrected chi connectivity index (χ3v) is 8.65. The molecule has 0 unspecified atom stereocenters. The Bertz CT molecular complexity index is 1790. The molecule has 7 nitrogen and oxygen atoms in total. The minimum Gasteiger partial charge on any atom is -0.436 e. The van der Waals surface area contributed by atoms with Gasteiger partial charge in [-0.05, 0) is 72.9 Å². The van der Waals surface area contributed by atoms with E-state index in [0.717, 1.165) is 29.0 Å². The predicted octanol–water partition coefficient (Wildman–Crippen LogP) is 7.58. The topological polar surface area (TPSA) is 97.3 Å². The van der Waals surface area contributed by atoms with E-state index < -0.39 is 11.7 Å². The van der Waals surface area contributed by atoms with Crippen LogP contribution in [-0.2, 0) is 11.6 Å². The van der Waals surface area contributed by atoms with Crippen molar-refractivity contribution >= 4 is 28.5 Å². The molecule has 232 valence electrons. The van der Waals surface area contributed by atoms with Gasteiger partial charge in [-0.15, -0.1) is 0 Å². The number of aromatic nitrogens is 2. The molecule has 1 fully saturated rings. The van der Waals surface area contributed by atoms with E-state index in [1.54, 1.807) is 18.2 Å². The van der Waals surface area contributed by atoms with Gasteiger partial charge in [-0.3, -0.25) is 4.79 Å². The Morgan fingerprint density at radius 3 is 2.36 bits per heavy atom. The van der Waals surface area contributed by atoms with Gasteiger partial charge in [0.05, 0.1) is 5.56 Å². The van der Waals surface area contributed by atoms with Crippen molar-refractivity contribution in [2.45, 2.75) is 44.2 Å². The maximum absolute atomic E-state index is 13.3. The van der Waals surface area contributed by atoms with Crippen molar-refractivity contribution in [2.75, 3.05) is 30.3 Å². The number of nitrogens with zero attached hydrogens (tertiary/aromatic N) is 3. The van der Waals surface area contributed by atoms with Crippen LogP contribution >= 0.6 is 0 Å². The van der Waals surface area contributed by atoms with Gasteiger partial charge >= 0.3 is 6.18 Å². The van der Waals surface area contributed by atoms with Gasteiger partial charge in [-0.25, -0.2) is 9.97 Å². The minimum atomic E-state index is -4.43. The quantitative estimate of drug-likeness (QED) is 0.184. The number of nitrogen functional groups attached to an aromatic ring is 1. The Balaban J connectivity index is 1.16. The fourth-order valence-electron chi connectivity index (χ4n) is 6.01. The summed E-state index contributed by atoms with van der Waals surface area (Å²) in [7, 11) is 0. The molecule has 0 bridgehead atoms. The number of alkyl halides is 3. The second kappa shape index (κ2) is 11.9. The van der Waals surface area contributed by atoms with E-state index in [4.69, 9.17) is 10.2 Å². The molecule has 0 radical (unpaired) electrons. The summed E-state index contributed by atoms with van der Waals surface area (Å²) < 4.78 is 45.2. The van der Waals surface area contributed by atoms with E-state index in [1.165, 1.54) is 6.07 Å². The molecule has 5 aromatic rings. The normalized spacial score (nSPS) is 15.0. The van der Waals surface area contributed by atoms with Crippen LogP contribution in [0, 0.1) is 0 Å². The van der Waals surface area contributed by atoms with Crippen LogP contribution < -0.4 is 16.0 Å². The Morgan fingerprint density at radius 1 is 1.02 bits per heavy atom. The number of carbonyl (C=O) groups is 1. The first kappa shape index (κ1) is 30.2. The van der Waals surface area contributed by atoms with E-state index >= 15 is 0 Å². The largest absolute Gasteiger partial charge is 0.436 e.